The molecule has 0 bridgehead atoms. The molecule has 1 aliphatic rings. The van der Waals surface area contributed by atoms with E-state index in [4.69, 9.17) is 0 Å². The highest BCUT2D eigenvalue weighted by atomic mass is 16.2. The predicted molar refractivity (Wildman–Crippen MR) is 86.0 cm³/mol. The number of nitrogens with one attached hydrogen (secondary N) is 1. The number of rotatable bonds is 3. The third kappa shape index (κ3) is 2.89. The van der Waals surface area contributed by atoms with E-state index in [0.29, 0.717) is 22.6 Å². The summed E-state index contributed by atoms with van der Waals surface area (Å²) in [7, 11) is 0. The molecule has 0 aliphatic carbocycles. The molecular weight excluding hydrogens is 278 g/mol. The first-order valence-electron chi connectivity index (χ1n) is 7.85. The Morgan fingerprint density at radius 3 is 2.73 bits per heavy atom. The smallest absolute Gasteiger partial charge is 0.258 e. The molecule has 0 spiro atoms. The van der Waals surface area contributed by atoms with Gasteiger partial charge < -0.3 is 9.88 Å². The number of aromatic nitrogens is 2. The van der Waals surface area contributed by atoms with Crippen molar-refractivity contribution in [1.29, 1.82) is 0 Å². The minimum absolute atomic E-state index is 0.0406. The predicted octanol–water partition coefficient (Wildman–Crippen LogP) is 2.21. The fourth-order valence-electron chi connectivity index (χ4n) is 2.87. The average Bonchev–Trinajstić information content (AvgIpc) is 3.01. The maximum atomic E-state index is 12.3. The number of nitrogens with zero attached hydrogens (tertiary/aromatic N) is 2. The summed E-state index contributed by atoms with van der Waals surface area (Å²) in [6.45, 7) is 5.81. The second-order valence-electron chi connectivity index (χ2n) is 6.21. The molecule has 2 aromatic rings. The zero-order chi connectivity index (χ0) is 15.7. The van der Waals surface area contributed by atoms with Crippen LogP contribution in [0.3, 0.4) is 0 Å². The van der Waals surface area contributed by atoms with E-state index in [1.807, 2.05) is 23.1 Å². The van der Waals surface area contributed by atoms with E-state index in [1.54, 1.807) is 0 Å². The Hall–Kier alpha value is -2.17. The maximum Gasteiger partial charge on any atom is 0.258 e. The third-order valence-electron chi connectivity index (χ3n) is 4.22. The van der Waals surface area contributed by atoms with Gasteiger partial charge in [-0.3, -0.25) is 9.59 Å². The number of benzene rings is 1. The molecule has 1 aliphatic heterocycles. The van der Waals surface area contributed by atoms with Crippen LogP contribution in [0.15, 0.2) is 23.0 Å². The van der Waals surface area contributed by atoms with Crippen LogP contribution in [0.4, 0.5) is 0 Å². The van der Waals surface area contributed by atoms with Crippen molar-refractivity contribution in [1.82, 2.24) is 14.9 Å². The number of fused-ring (bicyclic) bond motifs is 1. The molecule has 5 heteroatoms. The molecule has 116 valence electrons. The molecule has 1 amide bonds. The number of aromatic amines is 1. The molecule has 1 aromatic carbocycles. The van der Waals surface area contributed by atoms with Gasteiger partial charge >= 0.3 is 0 Å². The normalized spacial score (nSPS) is 15.0. The van der Waals surface area contributed by atoms with E-state index in [-0.39, 0.29) is 17.9 Å². The third-order valence-corrected chi connectivity index (χ3v) is 4.22. The summed E-state index contributed by atoms with van der Waals surface area (Å²) in [5.74, 6) is 0.853. The number of hydrogen-bond donors (Lipinski definition) is 1. The van der Waals surface area contributed by atoms with Crippen LogP contribution in [0.25, 0.3) is 10.9 Å². The SMILES string of the molecule is CC(C)c1ccc2nc(CC(=O)N3CCCC3)[nH]c(=O)c2c1. The van der Waals surface area contributed by atoms with Crippen LogP contribution in [0.2, 0.25) is 0 Å². The van der Waals surface area contributed by atoms with Gasteiger partial charge in [-0.05, 0) is 36.5 Å². The largest absolute Gasteiger partial charge is 0.342 e. The summed E-state index contributed by atoms with van der Waals surface area (Å²) >= 11 is 0. The van der Waals surface area contributed by atoms with Crippen molar-refractivity contribution in [2.45, 2.75) is 39.0 Å². The van der Waals surface area contributed by atoms with Gasteiger partial charge in [0.05, 0.1) is 17.3 Å². The van der Waals surface area contributed by atoms with Gasteiger partial charge in [0, 0.05) is 13.1 Å². The molecule has 1 saturated heterocycles. The summed E-state index contributed by atoms with van der Waals surface area (Å²) < 4.78 is 0. The Balaban J connectivity index is 1.90. The topological polar surface area (TPSA) is 66.1 Å². The standard InChI is InChI=1S/C17H21N3O2/c1-11(2)12-5-6-14-13(9-12)17(22)19-15(18-14)10-16(21)20-7-3-4-8-20/h5-6,9,11H,3-4,7-8,10H2,1-2H3,(H,18,19,22). The van der Waals surface area contributed by atoms with Crippen LogP contribution in [-0.4, -0.2) is 33.9 Å². The van der Waals surface area contributed by atoms with Crippen molar-refractivity contribution in [3.8, 4) is 0 Å². The van der Waals surface area contributed by atoms with Gasteiger partial charge in [-0.2, -0.15) is 0 Å². The molecule has 22 heavy (non-hydrogen) atoms. The Morgan fingerprint density at radius 1 is 1.32 bits per heavy atom. The van der Waals surface area contributed by atoms with E-state index < -0.39 is 0 Å². The molecule has 1 fully saturated rings. The zero-order valence-corrected chi connectivity index (χ0v) is 13.1. The molecule has 0 atom stereocenters. The highest BCUT2D eigenvalue weighted by Gasteiger charge is 2.19. The molecule has 0 radical (unpaired) electrons. The molecule has 1 N–H and O–H groups in total. The van der Waals surface area contributed by atoms with Crippen LogP contribution in [0.5, 0.6) is 0 Å². The second kappa shape index (κ2) is 5.91. The van der Waals surface area contributed by atoms with Crippen molar-refractivity contribution >= 4 is 16.8 Å². The van der Waals surface area contributed by atoms with Crippen molar-refractivity contribution < 1.29 is 4.79 Å². The van der Waals surface area contributed by atoms with Crippen LogP contribution < -0.4 is 5.56 Å². The minimum atomic E-state index is -0.170. The Kier molecular flexibility index (Phi) is 3.96. The van der Waals surface area contributed by atoms with Gasteiger partial charge in [0.15, 0.2) is 0 Å². The Bertz CT molecular complexity index is 758. The minimum Gasteiger partial charge on any atom is -0.342 e. The molecule has 5 nitrogen and oxygen atoms in total. The first kappa shape index (κ1) is 14.8. The second-order valence-corrected chi connectivity index (χ2v) is 6.21. The van der Waals surface area contributed by atoms with Gasteiger partial charge in [0.2, 0.25) is 5.91 Å². The van der Waals surface area contributed by atoms with Crippen LogP contribution in [0.1, 0.15) is 44.0 Å². The van der Waals surface area contributed by atoms with Crippen LogP contribution in [-0.2, 0) is 11.2 Å². The number of amides is 1. The van der Waals surface area contributed by atoms with Crippen LogP contribution in [0, 0.1) is 0 Å². The van der Waals surface area contributed by atoms with E-state index in [0.717, 1.165) is 31.5 Å². The summed E-state index contributed by atoms with van der Waals surface area (Å²) in [6.07, 6.45) is 2.29. The number of likely N-dealkylation sites (tertiary alicyclic amines) is 1. The number of hydrogen-bond acceptors (Lipinski definition) is 3. The Morgan fingerprint density at radius 2 is 2.05 bits per heavy atom. The monoisotopic (exact) mass is 299 g/mol. The number of carbonyl (C=O) groups is 1. The van der Waals surface area contributed by atoms with Crippen molar-refractivity contribution in [3.05, 3.63) is 39.9 Å². The average molecular weight is 299 g/mol. The van der Waals surface area contributed by atoms with Crippen LogP contribution >= 0.6 is 0 Å². The summed E-state index contributed by atoms with van der Waals surface area (Å²) in [6, 6.07) is 5.74. The number of carbonyl (C=O) groups excluding carboxylic acids is 1. The van der Waals surface area contributed by atoms with Gasteiger partial charge in [-0.1, -0.05) is 19.9 Å². The highest BCUT2D eigenvalue weighted by molar-refractivity contribution is 5.81. The maximum absolute atomic E-state index is 12.3. The molecule has 1 aromatic heterocycles. The fraction of sp³-hybridized carbons (Fsp3) is 0.471. The summed E-state index contributed by atoms with van der Waals surface area (Å²) in [4.78, 5) is 33.5. The van der Waals surface area contributed by atoms with E-state index in [9.17, 15) is 9.59 Å². The molecule has 0 unspecified atom stereocenters. The molecular formula is C17H21N3O2. The summed E-state index contributed by atoms with van der Waals surface area (Å²) in [5, 5.41) is 0.587. The fourth-order valence-corrected chi connectivity index (χ4v) is 2.87. The lowest BCUT2D eigenvalue weighted by molar-refractivity contribution is -0.129. The van der Waals surface area contributed by atoms with E-state index >= 15 is 0 Å². The highest BCUT2D eigenvalue weighted by Crippen LogP contribution is 2.18. The first-order valence-corrected chi connectivity index (χ1v) is 7.85. The molecule has 3 rings (SSSR count). The van der Waals surface area contributed by atoms with Gasteiger partial charge in [-0.15, -0.1) is 0 Å². The molecule has 0 saturated carbocycles. The zero-order valence-electron chi connectivity index (χ0n) is 13.1. The van der Waals surface area contributed by atoms with Gasteiger partial charge in [-0.25, -0.2) is 4.98 Å². The number of H-pyrrole nitrogens is 1. The van der Waals surface area contributed by atoms with E-state index in [2.05, 4.69) is 23.8 Å². The summed E-state index contributed by atoms with van der Waals surface area (Å²) in [5.41, 5.74) is 1.59. The van der Waals surface area contributed by atoms with Gasteiger partial charge in [0.1, 0.15) is 5.82 Å². The van der Waals surface area contributed by atoms with Crippen molar-refractivity contribution in [3.63, 3.8) is 0 Å². The lowest BCUT2D eigenvalue weighted by atomic mass is 10.0. The lowest BCUT2D eigenvalue weighted by Crippen LogP contribution is -2.30. The first-order chi connectivity index (χ1) is 10.5. The molecule has 2 heterocycles. The van der Waals surface area contributed by atoms with Crippen molar-refractivity contribution in [2.24, 2.45) is 0 Å². The van der Waals surface area contributed by atoms with Gasteiger partial charge in [0.25, 0.3) is 5.56 Å². The van der Waals surface area contributed by atoms with E-state index in [1.165, 1.54) is 0 Å². The quantitative estimate of drug-likeness (QED) is 0.945. The Labute approximate surface area is 129 Å². The van der Waals surface area contributed by atoms with Crippen molar-refractivity contribution in [2.75, 3.05) is 13.1 Å². The lowest BCUT2D eigenvalue weighted by Gasteiger charge is -2.14.